The van der Waals surface area contributed by atoms with Gasteiger partial charge in [-0.1, -0.05) is 35.3 Å². The Morgan fingerprint density at radius 3 is 2.70 bits per heavy atom. The van der Waals surface area contributed by atoms with Crippen LogP contribution >= 0.6 is 23.2 Å². The number of carbonyl (C=O) groups excluding carboxylic acids is 1. The van der Waals surface area contributed by atoms with Gasteiger partial charge in [0.2, 0.25) is 5.91 Å². The largest absolute Gasteiger partial charge is 0.497 e. The second kappa shape index (κ2) is 6.64. The number of nitrogens with one attached hydrogen (secondary N) is 1. The van der Waals surface area contributed by atoms with E-state index in [0.717, 1.165) is 5.56 Å². The summed E-state index contributed by atoms with van der Waals surface area (Å²) in [5, 5.41) is 3.83. The molecule has 20 heavy (non-hydrogen) atoms. The minimum atomic E-state index is -0.150. The Morgan fingerprint density at radius 2 is 2.00 bits per heavy atom. The van der Waals surface area contributed by atoms with Gasteiger partial charge < -0.3 is 10.1 Å². The van der Waals surface area contributed by atoms with E-state index in [1.54, 1.807) is 37.4 Å². The zero-order valence-electron chi connectivity index (χ0n) is 10.8. The Kier molecular flexibility index (Phi) is 4.88. The molecule has 0 heterocycles. The van der Waals surface area contributed by atoms with E-state index in [1.807, 2.05) is 12.1 Å². The fraction of sp³-hybridized carbons (Fsp3) is 0.133. The highest BCUT2D eigenvalue weighted by Crippen LogP contribution is 2.22. The lowest BCUT2D eigenvalue weighted by Gasteiger charge is -2.08. The first-order valence-electron chi connectivity index (χ1n) is 5.96. The van der Waals surface area contributed by atoms with Crippen molar-refractivity contribution in [3.8, 4) is 5.75 Å². The van der Waals surface area contributed by atoms with Crippen molar-refractivity contribution < 1.29 is 9.53 Å². The molecular formula is C15H13Cl2NO2. The predicted octanol–water partition coefficient (Wildman–Crippen LogP) is 4.18. The van der Waals surface area contributed by atoms with E-state index in [2.05, 4.69) is 5.32 Å². The molecule has 0 unspecified atom stereocenters. The fourth-order valence-corrected chi connectivity index (χ4v) is 2.22. The van der Waals surface area contributed by atoms with E-state index in [0.29, 0.717) is 21.5 Å². The summed E-state index contributed by atoms with van der Waals surface area (Å²) in [6, 6.07) is 12.2. The molecule has 104 valence electrons. The SMILES string of the molecule is COc1cccc(NC(=O)Cc2ccc(Cl)cc2Cl)c1. The quantitative estimate of drug-likeness (QED) is 0.920. The molecule has 5 heteroatoms. The van der Waals surface area contributed by atoms with Crippen LogP contribution in [0.25, 0.3) is 0 Å². The smallest absolute Gasteiger partial charge is 0.228 e. The van der Waals surface area contributed by atoms with Crippen molar-refractivity contribution in [2.45, 2.75) is 6.42 Å². The third kappa shape index (κ3) is 3.89. The highest BCUT2D eigenvalue weighted by Gasteiger charge is 2.08. The van der Waals surface area contributed by atoms with Gasteiger partial charge in [-0.25, -0.2) is 0 Å². The number of hydrogen-bond acceptors (Lipinski definition) is 2. The van der Waals surface area contributed by atoms with Crippen LogP contribution in [0.1, 0.15) is 5.56 Å². The van der Waals surface area contributed by atoms with Gasteiger partial charge in [-0.05, 0) is 29.8 Å². The first-order chi connectivity index (χ1) is 9.58. The predicted molar refractivity (Wildman–Crippen MR) is 81.8 cm³/mol. The Labute approximate surface area is 127 Å². The van der Waals surface area contributed by atoms with Gasteiger partial charge in [-0.15, -0.1) is 0 Å². The number of rotatable bonds is 4. The molecular weight excluding hydrogens is 297 g/mol. The summed E-state index contributed by atoms with van der Waals surface area (Å²) in [4.78, 5) is 12.0. The second-order valence-corrected chi connectivity index (χ2v) is 5.04. The molecule has 3 nitrogen and oxygen atoms in total. The number of methoxy groups -OCH3 is 1. The van der Waals surface area contributed by atoms with Crippen LogP contribution < -0.4 is 10.1 Å². The molecule has 1 amide bonds. The molecule has 2 rings (SSSR count). The Hall–Kier alpha value is -1.71. The number of hydrogen-bond donors (Lipinski definition) is 1. The average Bonchev–Trinajstić information content (AvgIpc) is 2.42. The highest BCUT2D eigenvalue weighted by atomic mass is 35.5. The zero-order valence-corrected chi connectivity index (χ0v) is 12.3. The van der Waals surface area contributed by atoms with Crippen LogP contribution in [0.15, 0.2) is 42.5 Å². The van der Waals surface area contributed by atoms with Gasteiger partial charge in [0.25, 0.3) is 0 Å². The Bertz CT molecular complexity index is 629. The van der Waals surface area contributed by atoms with Crippen molar-refractivity contribution in [1.82, 2.24) is 0 Å². The topological polar surface area (TPSA) is 38.3 Å². The van der Waals surface area contributed by atoms with Crippen LogP contribution in [0.3, 0.4) is 0 Å². The van der Waals surface area contributed by atoms with Gasteiger partial charge in [0.1, 0.15) is 5.75 Å². The first kappa shape index (κ1) is 14.7. The van der Waals surface area contributed by atoms with Crippen LogP contribution in [0.5, 0.6) is 5.75 Å². The van der Waals surface area contributed by atoms with Gasteiger partial charge in [0.15, 0.2) is 0 Å². The van der Waals surface area contributed by atoms with Gasteiger partial charge in [0, 0.05) is 21.8 Å². The van der Waals surface area contributed by atoms with E-state index in [1.165, 1.54) is 0 Å². The van der Waals surface area contributed by atoms with E-state index >= 15 is 0 Å². The Morgan fingerprint density at radius 1 is 1.20 bits per heavy atom. The van der Waals surface area contributed by atoms with Crippen molar-refractivity contribution >= 4 is 34.8 Å². The van der Waals surface area contributed by atoms with Crippen LogP contribution in [0, 0.1) is 0 Å². The lowest BCUT2D eigenvalue weighted by atomic mass is 10.1. The highest BCUT2D eigenvalue weighted by molar-refractivity contribution is 6.35. The monoisotopic (exact) mass is 309 g/mol. The third-order valence-corrected chi connectivity index (χ3v) is 3.31. The summed E-state index contributed by atoms with van der Waals surface area (Å²) in [6.07, 6.45) is 0.188. The minimum absolute atomic E-state index is 0.150. The summed E-state index contributed by atoms with van der Waals surface area (Å²) in [7, 11) is 1.58. The summed E-state index contributed by atoms with van der Waals surface area (Å²) >= 11 is 11.9. The standard InChI is InChI=1S/C15H13Cl2NO2/c1-20-13-4-2-3-12(9-13)18-15(19)7-10-5-6-11(16)8-14(10)17/h2-6,8-9H,7H2,1H3,(H,18,19). The number of halogens is 2. The van der Waals surface area contributed by atoms with Gasteiger partial charge in [-0.2, -0.15) is 0 Å². The molecule has 0 saturated heterocycles. The molecule has 1 N–H and O–H groups in total. The van der Waals surface area contributed by atoms with Gasteiger partial charge in [0.05, 0.1) is 13.5 Å². The molecule has 2 aromatic rings. The molecule has 2 aromatic carbocycles. The number of carbonyl (C=O) groups is 1. The zero-order chi connectivity index (χ0) is 14.5. The van der Waals surface area contributed by atoms with Crippen LogP contribution in [-0.4, -0.2) is 13.0 Å². The molecule has 0 fully saturated rings. The maximum Gasteiger partial charge on any atom is 0.228 e. The lowest BCUT2D eigenvalue weighted by molar-refractivity contribution is -0.115. The van der Waals surface area contributed by atoms with E-state index in [-0.39, 0.29) is 12.3 Å². The molecule has 0 aliphatic heterocycles. The minimum Gasteiger partial charge on any atom is -0.497 e. The van der Waals surface area contributed by atoms with Crippen LogP contribution in [-0.2, 0) is 11.2 Å². The average molecular weight is 310 g/mol. The molecule has 0 aliphatic carbocycles. The number of anilines is 1. The number of ether oxygens (including phenoxy) is 1. The van der Waals surface area contributed by atoms with Crippen molar-refractivity contribution in [2.75, 3.05) is 12.4 Å². The second-order valence-electron chi connectivity index (χ2n) is 4.19. The molecule has 0 atom stereocenters. The molecule has 0 aliphatic rings. The van der Waals surface area contributed by atoms with Crippen molar-refractivity contribution in [2.24, 2.45) is 0 Å². The molecule has 0 saturated carbocycles. The Balaban J connectivity index is 2.05. The summed E-state index contributed by atoms with van der Waals surface area (Å²) in [5.74, 6) is 0.537. The molecule has 0 spiro atoms. The normalized spacial score (nSPS) is 10.2. The van der Waals surface area contributed by atoms with Crippen LogP contribution in [0.4, 0.5) is 5.69 Å². The molecule has 0 bridgehead atoms. The maximum atomic E-state index is 12.0. The molecule has 0 aromatic heterocycles. The lowest BCUT2D eigenvalue weighted by Crippen LogP contribution is -2.14. The van der Waals surface area contributed by atoms with Gasteiger partial charge in [-0.3, -0.25) is 4.79 Å². The maximum absolute atomic E-state index is 12.0. The number of amides is 1. The number of benzene rings is 2. The van der Waals surface area contributed by atoms with Crippen molar-refractivity contribution in [1.29, 1.82) is 0 Å². The third-order valence-electron chi connectivity index (χ3n) is 2.72. The summed E-state index contributed by atoms with van der Waals surface area (Å²) < 4.78 is 5.10. The van der Waals surface area contributed by atoms with Gasteiger partial charge >= 0.3 is 0 Å². The summed E-state index contributed by atoms with van der Waals surface area (Å²) in [5.41, 5.74) is 1.41. The summed E-state index contributed by atoms with van der Waals surface area (Å²) in [6.45, 7) is 0. The molecule has 0 radical (unpaired) electrons. The van der Waals surface area contributed by atoms with Crippen molar-refractivity contribution in [3.05, 3.63) is 58.1 Å². The first-order valence-corrected chi connectivity index (χ1v) is 6.72. The van der Waals surface area contributed by atoms with E-state index in [9.17, 15) is 4.79 Å². The fourth-order valence-electron chi connectivity index (χ4n) is 1.74. The van der Waals surface area contributed by atoms with Crippen molar-refractivity contribution in [3.63, 3.8) is 0 Å². The van der Waals surface area contributed by atoms with E-state index < -0.39 is 0 Å². The van der Waals surface area contributed by atoms with Crippen LogP contribution in [0.2, 0.25) is 10.0 Å². The van der Waals surface area contributed by atoms with E-state index in [4.69, 9.17) is 27.9 Å².